The van der Waals surface area contributed by atoms with E-state index in [1.54, 1.807) is 11.8 Å². The Morgan fingerprint density at radius 1 is 1.23 bits per heavy atom. The molecule has 0 saturated carbocycles. The van der Waals surface area contributed by atoms with Gasteiger partial charge in [0.1, 0.15) is 11.1 Å². The summed E-state index contributed by atoms with van der Waals surface area (Å²) in [7, 11) is 0. The van der Waals surface area contributed by atoms with Crippen molar-refractivity contribution in [3.05, 3.63) is 58.2 Å². The van der Waals surface area contributed by atoms with E-state index >= 15 is 0 Å². The number of amides is 2. The Morgan fingerprint density at radius 3 is 2.60 bits per heavy atom. The summed E-state index contributed by atoms with van der Waals surface area (Å²) in [5, 5.41) is 16.9. The number of hydrogen-bond acceptors (Lipinski definition) is 6. The number of aromatic nitrogens is 1. The molecular weight excluding hydrogens is 515 g/mol. The van der Waals surface area contributed by atoms with Gasteiger partial charge in [-0.05, 0) is 23.6 Å². The third-order valence-corrected chi connectivity index (χ3v) is 6.68. The fourth-order valence-corrected chi connectivity index (χ4v) is 4.56. The summed E-state index contributed by atoms with van der Waals surface area (Å²) in [5.41, 5.74) is 2.68. The van der Waals surface area contributed by atoms with Crippen molar-refractivity contribution < 1.29 is 19.4 Å². The van der Waals surface area contributed by atoms with Crippen molar-refractivity contribution >= 4 is 48.2 Å². The van der Waals surface area contributed by atoms with Crippen LogP contribution in [0.25, 0.3) is 0 Å². The third-order valence-electron chi connectivity index (χ3n) is 6.32. The van der Waals surface area contributed by atoms with Gasteiger partial charge in [-0.3, -0.25) is 9.59 Å². The van der Waals surface area contributed by atoms with Gasteiger partial charge in [0, 0.05) is 58.2 Å². The van der Waals surface area contributed by atoms with Gasteiger partial charge in [0.25, 0.3) is 5.91 Å². The largest absolute Gasteiger partial charge is 0.473 e. The molecule has 0 radical (unpaired) electrons. The van der Waals surface area contributed by atoms with Crippen LogP contribution in [0.5, 0.6) is 5.88 Å². The number of pyridine rings is 1. The van der Waals surface area contributed by atoms with Crippen LogP contribution in [-0.2, 0) is 17.8 Å². The van der Waals surface area contributed by atoms with E-state index < -0.39 is 12.0 Å². The Balaban J connectivity index is 0.00000216. The lowest BCUT2D eigenvalue weighted by Crippen LogP contribution is -2.49. The van der Waals surface area contributed by atoms with Crippen molar-refractivity contribution in [2.45, 2.75) is 51.0 Å². The number of fused-ring (bicyclic) bond motifs is 1. The molecule has 1 aromatic heterocycles. The normalized spacial score (nSPS) is 18.4. The second kappa shape index (κ2) is 13.3. The molecule has 3 heterocycles. The second-order valence-electron chi connectivity index (χ2n) is 8.54. The van der Waals surface area contributed by atoms with Gasteiger partial charge >= 0.3 is 0 Å². The predicted octanol–water partition coefficient (Wildman–Crippen LogP) is 2.77. The van der Waals surface area contributed by atoms with Crippen LogP contribution < -0.4 is 15.4 Å². The van der Waals surface area contributed by atoms with E-state index in [-0.39, 0.29) is 65.9 Å². The van der Waals surface area contributed by atoms with Gasteiger partial charge in [0.15, 0.2) is 0 Å². The predicted molar refractivity (Wildman–Crippen MR) is 139 cm³/mol. The van der Waals surface area contributed by atoms with E-state index in [1.165, 1.54) is 23.4 Å². The highest BCUT2D eigenvalue weighted by Gasteiger charge is 2.26. The number of piperidine rings is 1. The Kier molecular flexibility index (Phi) is 11.0. The number of ether oxygens (including phenoxy) is 1. The molecule has 2 atom stereocenters. The zero-order valence-corrected chi connectivity index (χ0v) is 21.8. The van der Waals surface area contributed by atoms with E-state index in [9.17, 15) is 14.7 Å². The molecule has 0 spiro atoms. The summed E-state index contributed by atoms with van der Waals surface area (Å²) >= 11 is 6.43. The smallest absolute Gasteiger partial charge is 0.253 e. The average molecular weight is 546 g/mol. The first-order valence-corrected chi connectivity index (χ1v) is 11.6. The van der Waals surface area contributed by atoms with Crippen molar-refractivity contribution in [1.29, 1.82) is 0 Å². The number of rotatable bonds is 6. The minimum absolute atomic E-state index is 0. The minimum atomic E-state index is -0.745. The number of hydrogen-bond donors (Lipinski definition) is 3. The Labute approximate surface area is 222 Å². The fourth-order valence-electron chi connectivity index (χ4n) is 4.31. The molecule has 2 aromatic rings. The second-order valence-corrected chi connectivity index (χ2v) is 8.92. The lowest BCUT2D eigenvalue weighted by atomic mass is 9.93. The first-order chi connectivity index (χ1) is 15.9. The number of nitrogens with zero attached hydrogens (tertiary/aromatic N) is 2. The summed E-state index contributed by atoms with van der Waals surface area (Å²) in [6.07, 6.45) is 2.67. The van der Waals surface area contributed by atoms with Gasteiger partial charge in [-0.2, -0.15) is 0 Å². The highest BCUT2D eigenvalue weighted by molar-refractivity contribution is 6.35. The van der Waals surface area contributed by atoms with Crippen LogP contribution in [0.1, 0.15) is 41.3 Å². The van der Waals surface area contributed by atoms with Gasteiger partial charge in [0.05, 0.1) is 11.7 Å². The fraction of sp³-hybridized carbons (Fsp3) is 0.458. The van der Waals surface area contributed by atoms with Crippen molar-refractivity contribution in [2.24, 2.45) is 0 Å². The standard InChI is InChI=1S/C24H29ClN4O4.2ClH/c1-15(30)29-10-7-18(8-11-29)33-24-22(25)19(6-9-26-24)23(32)28-14-21(31)20-12-16-4-2-3-5-17(16)13-27-20;;/h2-6,9,18,20-21,27,31H,7-8,10-14H2,1H3,(H,28,32);2*1H/t20-,21?;;/m0../s1. The Hall–Kier alpha value is -2.10. The molecule has 2 aliphatic rings. The SMILES string of the molecule is CC(=O)N1CCC(Oc2nccc(C(=O)NCC(O)[C@@H]3Cc4ccccc4CN3)c2Cl)CC1.Cl.Cl. The zero-order valence-electron chi connectivity index (χ0n) is 19.4. The first kappa shape index (κ1) is 29.1. The molecule has 0 aliphatic carbocycles. The van der Waals surface area contributed by atoms with Gasteiger partial charge in [-0.25, -0.2) is 4.98 Å². The maximum atomic E-state index is 12.8. The maximum Gasteiger partial charge on any atom is 0.253 e. The minimum Gasteiger partial charge on any atom is -0.473 e. The third kappa shape index (κ3) is 7.21. The van der Waals surface area contributed by atoms with Gasteiger partial charge < -0.3 is 25.4 Å². The van der Waals surface area contributed by atoms with Crippen LogP contribution in [0.2, 0.25) is 5.02 Å². The molecule has 1 saturated heterocycles. The summed E-state index contributed by atoms with van der Waals surface area (Å²) in [6.45, 7) is 3.58. The molecule has 192 valence electrons. The average Bonchev–Trinajstić information content (AvgIpc) is 2.83. The molecule has 4 rings (SSSR count). The molecule has 1 unspecified atom stereocenters. The monoisotopic (exact) mass is 544 g/mol. The van der Waals surface area contributed by atoms with E-state index in [2.05, 4.69) is 27.8 Å². The molecule has 11 heteroatoms. The Bertz CT molecular complexity index is 1020. The topological polar surface area (TPSA) is 104 Å². The van der Waals surface area contributed by atoms with Gasteiger partial charge in [0.2, 0.25) is 11.8 Å². The van der Waals surface area contributed by atoms with Crippen LogP contribution in [0, 0.1) is 0 Å². The molecular formula is C24H31Cl3N4O4. The molecule has 0 bridgehead atoms. The first-order valence-electron chi connectivity index (χ1n) is 11.3. The molecule has 2 amide bonds. The van der Waals surface area contributed by atoms with Crippen LogP contribution in [0.4, 0.5) is 0 Å². The number of aliphatic hydroxyl groups is 1. The summed E-state index contributed by atoms with van der Waals surface area (Å²) in [4.78, 5) is 30.2. The Morgan fingerprint density at radius 2 is 1.91 bits per heavy atom. The van der Waals surface area contributed by atoms with Crippen LogP contribution in [0.3, 0.4) is 0 Å². The number of aliphatic hydroxyl groups excluding tert-OH is 1. The van der Waals surface area contributed by atoms with Gasteiger partial charge in [-0.1, -0.05) is 35.9 Å². The number of carbonyl (C=O) groups is 2. The summed E-state index contributed by atoms with van der Waals surface area (Å²) in [5.74, 6) is -0.135. The quantitative estimate of drug-likeness (QED) is 0.516. The van der Waals surface area contributed by atoms with E-state index in [0.29, 0.717) is 38.9 Å². The van der Waals surface area contributed by atoms with Crippen molar-refractivity contribution in [2.75, 3.05) is 19.6 Å². The molecule has 1 fully saturated rings. The lowest BCUT2D eigenvalue weighted by molar-refractivity contribution is -0.130. The molecule has 1 aromatic carbocycles. The van der Waals surface area contributed by atoms with Crippen molar-refractivity contribution in [1.82, 2.24) is 20.5 Å². The van der Waals surface area contributed by atoms with Crippen molar-refractivity contribution in [3.8, 4) is 5.88 Å². The van der Waals surface area contributed by atoms with Crippen LogP contribution in [0.15, 0.2) is 36.5 Å². The summed E-state index contributed by atoms with van der Waals surface area (Å²) in [6, 6.07) is 9.52. The lowest BCUT2D eigenvalue weighted by Gasteiger charge is -2.31. The number of halogens is 3. The highest BCUT2D eigenvalue weighted by atomic mass is 35.5. The van der Waals surface area contributed by atoms with E-state index in [1.807, 2.05) is 12.1 Å². The molecule has 2 aliphatic heterocycles. The molecule has 8 nitrogen and oxygen atoms in total. The van der Waals surface area contributed by atoms with Gasteiger partial charge in [-0.15, -0.1) is 24.8 Å². The van der Waals surface area contributed by atoms with E-state index in [0.717, 1.165) is 0 Å². The van der Waals surface area contributed by atoms with Crippen molar-refractivity contribution in [3.63, 3.8) is 0 Å². The molecule has 35 heavy (non-hydrogen) atoms. The molecule has 3 N–H and O–H groups in total. The van der Waals surface area contributed by atoms with E-state index in [4.69, 9.17) is 16.3 Å². The number of carbonyl (C=O) groups excluding carboxylic acids is 2. The number of nitrogens with one attached hydrogen (secondary N) is 2. The maximum absolute atomic E-state index is 12.8. The van der Waals surface area contributed by atoms with Crippen LogP contribution in [-0.4, -0.2) is 64.7 Å². The number of benzene rings is 1. The summed E-state index contributed by atoms with van der Waals surface area (Å²) < 4.78 is 5.94. The van der Waals surface area contributed by atoms with Crippen LogP contribution >= 0.6 is 36.4 Å². The highest BCUT2D eigenvalue weighted by Crippen LogP contribution is 2.28. The zero-order chi connectivity index (χ0) is 23.4. The number of likely N-dealkylation sites (tertiary alicyclic amines) is 1.